The quantitative estimate of drug-likeness (QED) is 0.741. The van der Waals surface area contributed by atoms with Crippen molar-refractivity contribution in [2.24, 2.45) is 0 Å². The minimum absolute atomic E-state index is 0.290. The molecule has 2 aliphatic rings. The third-order valence-electron chi connectivity index (χ3n) is 5.84. The van der Waals surface area contributed by atoms with Crippen LogP contribution in [0.1, 0.15) is 29.5 Å². The SMILES string of the molecule is Cc1cccc(CN2CCN(C(=O)CN(Cc3ccccc3)C3CC3)CC2)c1. The molecule has 28 heavy (non-hydrogen) atoms. The Morgan fingerprint density at radius 3 is 2.36 bits per heavy atom. The molecule has 0 bridgehead atoms. The van der Waals surface area contributed by atoms with Crippen LogP contribution in [0, 0.1) is 6.92 Å². The Morgan fingerprint density at radius 1 is 0.964 bits per heavy atom. The molecule has 2 fully saturated rings. The maximum atomic E-state index is 12.9. The van der Waals surface area contributed by atoms with Crippen molar-refractivity contribution in [1.82, 2.24) is 14.7 Å². The third-order valence-corrected chi connectivity index (χ3v) is 5.84. The van der Waals surface area contributed by atoms with E-state index >= 15 is 0 Å². The van der Waals surface area contributed by atoms with E-state index in [1.54, 1.807) is 0 Å². The van der Waals surface area contributed by atoms with E-state index in [4.69, 9.17) is 0 Å². The van der Waals surface area contributed by atoms with Gasteiger partial charge in [-0.25, -0.2) is 0 Å². The highest BCUT2D eigenvalue weighted by Crippen LogP contribution is 2.28. The van der Waals surface area contributed by atoms with Gasteiger partial charge in [0.1, 0.15) is 0 Å². The molecule has 1 aliphatic carbocycles. The predicted octanol–water partition coefficient (Wildman–Crippen LogP) is 3.30. The highest BCUT2D eigenvalue weighted by Gasteiger charge is 2.32. The molecule has 0 radical (unpaired) electrons. The van der Waals surface area contributed by atoms with Gasteiger partial charge in [0, 0.05) is 45.3 Å². The normalized spacial score (nSPS) is 17.9. The highest BCUT2D eigenvalue weighted by atomic mass is 16.2. The Labute approximate surface area is 168 Å². The average Bonchev–Trinajstić information content (AvgIpc) is 3.54. The molecule has 4 heteroatoms. The summed E-state index contributed by atoms with van der Waals surface area (Å²) in [5.74, 6) is 0.290. The highest BCUT2D eigenvalue weighted by molar-refractivity contribution is 5.78. The second kappa shape index (κ2) is 8.89. The van der Waals surface area contributed by atoms with Crippen LogP contribution in [0.4, 0.5) is 0 Å². The molecule has 2 aromatic carbocycles. The number of nitrogens with zero attached hydrogens (tertiary/aromatic N) is 3. The van der Waals surface area contributed by atoms with E-state index in [-0.39, 0.29) is 5.91 Å². The van der Waals surface area contributed by atoms with Crippen molar-refractivity contribution in [3.05, 3.63) is 71.3 Å². The molecular formula is C24H31N3O. The van der Waals surface area contributed by atoms with Gasteiger partial charge in [0.15, 0.2) is 0 Å². The number of hydrogen-bond donors (Lipinski definition) is 0. The van der Waals surface area contributed by atoms with Crippen molar-refractivity contribution >= 4 is 5.91 Å². The molecule has 1 aliphatic heterocycles. The minimum Gasteiger partial charge on any atom is -0.339 e. The second-order valence-corrected chi connectivity index (χ2v) is 8.27. The molecule has 1 saturated carbocycles. The first-order valence-electron chi connectivity index (χ1n) is 10.5. The minimum atomic E-state index is 0.290. The maximum Gasteiger partial charge on any atom is 0.236 e. The van der Waals surface area contributed by atoms with Crippen LogP contribution in [0.15, 0.2) is 54.6 Å². The first-order valence-corrected chi connectivity index (χ1v) is 10.5. The lowest BCUT2D eigenvalue weighted by Crippen LogP contribution is -2.51. The van der Waals surface area contributed by atoms with E-state index in [2.05, 4.69) is 70.2 Å². The zero-order valence-corrected chi connectivity index (χ0v) is 16.9. The van der Waals surface area contributed by atoms with Gasteiger partial charge in [0.05, 0.1) is 6.54 Å². The lowest BCUT2D eigenvalue weighted by molar-refractivity contribution is -0.134. The standard InChI is InChI=1S/C24H31N3O/c1-20-6-5-9-22(16-20)17-25-12-14-26(15-13-25)24(28)19-27(23-10-11-23)18-21-7-3-2-4-8-21/h2-9,16,23H,10-15,17-19H2,1H3. The number of carbonyl (C=O) groups is 1. The number of aryl methyl sites for hydroxylation is 1. The zero-order chi connectivity index (χ0) is 19.3. The topological polar surface area (TPSA) is 26.8 Å². The van der Waals surface area contributed by atoms with Gasteiger partial charge in [-0.05, 0) is 30.9 Å². The fourth-order valence-electron chi connectivity index (χ4n) is 4.07. The zero-order valence-electron chi connectivity index (χ0n) is 16.9. The number of carbonyl (C=O) groups excluding carboxylic acids is 1. The van der Waals surface area contributed by atoms with Crippen molar-refractivity contribution in [3.63, 3.8) is 0 Å². The van der Waals surface area contributed by atoms with Crippen LogP contribution in [0.2, 0.25) is 0 Å². The van der Waals surface area contributed by atoms with E-state index in [9.17, 15) is 4.79 Å². The molecule has 1 saturated heterocycles. The van der Waals surface area contributed by atoms with Crippen LogP contribution < -0.4 is 0 Å². The molecule has 0 N–H and O–H groups in total. The molecule has 0 atom stereocenters. The van der Waals surface area contributed by atoms with Gasteiger partial charge in [-0.2, -0.15) is 0 Å². The molecule has 0 unspecified atom stereocenters. The first kappa shape index (κ1) is 19.2. The van der Waals surface area contributed by atoms with Gasteiger partial charge >= 0.3 is 0 Å². The Hall–Kier alpha value is -2.17. The Kier molecular flexibility index (Phi) is 6.08. The van der Waals surface area contributed by atoms with Crippen molar-refractivity contribution < 1.29 is 4.79 Å². The number of amides is 1. The summed E-state index contributed by atoms with van der Waals surface area (Å²) in [5.41, 5.74) is 3.97. The summed E-state index contributed by atoms with van der Waals surface area (Å²) in [6.45, 7) is 8.15. The summed E-state index contributed by atoms with van der Waals surface area (Å²) in [6.07, 6.45) is 2.45. The molecule has 0 aromatic heterocycles. The molecule has 1 amide bonds. The Bertz CT molecular complexity index is 779. The summed E-state index contributed by atoms with van der Waals surface area (Å²) >= 11 is 0. The van der Waals surface area contributed by atoms with E-state index < -0.39 is 0 Å². The van der Waals surface area contributed by atoms with Gasteiger partial charge in [0.2, 0.25) is 5.91 Å². The van der Waals surface area contributed by atoms with Gasteiger partial charge in [-0.15, -0.1) is 0 Å². The summed E-state index contributed by atoms with van der Waals surface area (Å²) in [6, 6.07) is 19.8. The summed E-state index contributed by atoms with van der Waals surface area (Å²) in [5, 5.41) is 0. The molecule has 1 heterocycles. The fraction of sp³-hybridized carbons (Fsp3) is 0.458. The number of rotatable bonds is 7. The van der Waals surface area contributed by atoms with Crippen LogP contribution in [0.3, 0.4) is 0 Å². The molecule has 148 valence electrons. The van der Waals surface area contributed by atoms with Crippen LogP contribution in [-0.2, 0) is 17.9 Å². The lowest BCUT2D eigenvalue weighted by Gasteiger charge is -2.36. The second-order valence-electron chi connectivity index (χ2n) is 8.27. The first-order chi connectivity index (χ1) is 13.7. The van der Waals surface area contributed by atoms with Crippen molar-refractivity contribution in [1.29, 1.82) is 0 Å². The molecule has 2 aromatic rings. The predicted molar refractivity (Wildman–Crippen MR) is 113 cm³/mol. The fourth-order valence-corrected chi connectivity index (χ4v) is 4.07. The van der Waals surface area contributed by atoms with Crippen LogP contribution >= 0.6 is 0 Å². The lowest BCUT2D eigenvalue weighted by atomic mass is 10.1. The summed E-state index contributed by atoms with van der Waals surface area (Å²) < 4.78 is 0. The number of piperazine rings is 1. The molecule has 4 rings (SSSR count). The monoisotopic (exact) mass is 377 g/mol. The number of benzene rings is 2. The maximum absolute atomic E-state index is 12.9. The van der Waals surface area contributed by atoms with E-state index in [1.807, 2.05) is 6.07 Å². The molecule has 0 spiro atoms. The largest absolute Gasteiger partial charge is 0.339 e. The number of hydrogen-bond acceptors (Lipinski definition) is 3. The van der Waals surface area contributed by atoms with Gasteiger partial charge in [0.25, 0.3) is 0 Å². The van der Waals surface area contributed by atoms with E-state index in [1.165, 1.54) is 29.5 Å². The van der Waals surface area contributed by atoms with Crippen molar-refractivity contribution in [3.8, 4) is 0 Å². The van der Waals surface area contributed by atoms with Gasteiger partial charge in [-0.1, -0.05) is 60.2 Å². The summed E-state index contributed by atoms with van der Waals surface area (Å²) in [7, 11) is 0. The summed E-state index contributed by atoms with van der Waals surface area (Å²) in [4.78, 5) is 19.8. The van der Waals surface area contributed by atoms with Crippen LogP contribution in [0.5, 0.6) is 0 Å². The van der Waals surface area contributed by atoms with Crippen molar-refractivity contribution in [2.45, 2.75) is 38.9 Å². The van der Waals surface area contributed by atoms with Gasteiger partial charge < -0.3 is 4.90 Å². The smallest absolute Gasteiger partial charge is 0.236 e. The third kappa shape index (κ3) is 5.21. The Morgan fingerprint density at radius 2 is 1.68 bits per heavy atom. The Balaban J connectivity index is 1.27. The van der Waals surface area contributed by atoms with Crippen LogP contribution in [0.25, 0.3) is 0 Å². The molecule has 4 nitrogen and oxygen atoms in total. The average molecular weight is 378 g/mol. The van der Waals surface area contributed by atoms with E-state index in [0.717, 1.165) is 39.3 Å². The van der Waals surface area contributed by atoms with Crippen LogP contribution in [-0.4, -0.2) is 59.4 Å². The molecular weight excluding hydrogens is 346 g/mol. The van der Waals surface area contributed by atoms with Crippen molar-refractivity contribution in [2.75, 3.05) is 32.7 Å². The van der Waals surface area contributed by atoms with E-state index in [0.29, 0.717) is 12.6 Å². The van der Waals surface area contributed by atoms with Gasteiger partial charge in [-0.3, -0.25) is 14.6 Å².